The number of benzene rings is 2. The van der Waals surface area contributed by atoms with Gasteiger partial charge in [0.05, 0.1) is 0 Å². The summed E-state index contributed by atoms with van der Waals surface area (Å²) < 4.78 is 6.02. The Labute approximate surface area is 142 Å². The summed E-state index contributed by atoms with van der Waals surface area (Å²) in [7, 11) is 0. The molecule has 0 atom stereocenters. The maximum atomic E-state index is 11.6. The molecule has 124 valence electrons. The van der Waals surface area contributed by atoms with E-state index in [0.29, 0.717) is 13.1 Å². The number of carbonyl (C=O) groups is 1. The maximum Gasteiger partial charge on any atom is 0.245 e. The number of likely N-dealkylation sites (tertiary alicyclic amines) is 1. The monoisotopic (exact) mass is 323 g/mol. The summed E-state index contributed by atoms with van der Waals surface area (Å²) in [5.74, 6) is 1.10. The Balaban J connectivity index is 1.58. The molecule has 1 aliphatic heterocycles. The van der Waals surface area contributed by atoms with Gasteiger partial charge in [0.2, 0.25) is 5.91 Å². The van der Waals surface area contributed by atoms with Gasteiger partial charge in [-0.15, -0.1) is 0 Å². The Morgan fingerprint density at radius 3 is 2.12 bits per heavy atom. The molecule has 1 saturated heterocycles. The minimum absolute atomic E-state index is 0.00768. The van der Waals surface area contributed by atoms with E-state index in [1.54, 1.807) is 17.0 Å². The van der Waals surface area contributed by atoms with Crippen molar-refractivity contribution in [2.45, 2.75) is 18.9 Å². The van der Waals surface area contributed by atoms with Gasteiger partial charge in [-0.05, 0) is 41.5 Å². The minimum atomic E-state index is -0.00768. The quantitative estimate of drug-likeness (QED) is 0.874. The van der Waals surface area contributed by atoms with Crippen LogP contribution in [0.2, 0.25) is 0 Å². The molecule has 2 aromatic carbocycles. The Kier molecular flexibility index (Phi) is 4.85. The van der Waals surface area contributed by atoms with Gasteiger partial charge >= 0.3 is 0 Å². The SMILES string of the molecule is C=CC(=O)N1CCC(Oc2ccc(-c3ccc(O)cc3)cc2)CC1. The first-order valence-electron chi connectivity index (χ1n) is 8.13. The zero-order valence-corrected chi connectivity index (χ0v) is 13.5. The molecule has 0 aromatic heterocycles. The van der Waals surface area contributed by atoms with E-state index in [1.807, 2.05) is 36.4 Å². The van der Waals surface area contributed by atoms with Crippen molar-refractivity contribution in [3.05, 3.63) is 61.2 Å². The van der Waals surface area contributed by atoms with Gasteiger partial charge in [-0.3, -0.25) is 4.79 Å². The molecule has 0 unspecified atom stereocenters. The van der Waals surface area contributed by atoms with Gasteiger partial charge in [-0.25, -0.2) is 0 Å². The van der Waals surface area contributed by atoms with Gasteiger partial charge in [-0.2, -0.15) is 0 Å². The Bertz CT molecular complexity index is 699. The van der Waals surface area contributed by atoms with Crippen molar-refractivity contribution >= 4 is 5.91 Å². The fourth-order valence-electron chi connectivity index (χ4n) is 2.90. The zero-order chi connectivity index (χ0) is 16.9. The molecule has 1 amide bonds. The lowest BCUT2D eigenvalue weighted by Gasteiger charge is -2.31. The smallest absolute Gasteiger partial charge is 0.245 e. The molecule has 3 rings (SSSR count). The van der Waals surface area contributed by atoms with Crippen LogP contribution in [0.1, 0.15) is 12.8 Å². The molecular formula is C20H21NO3. The highest BCUT2D eigenvalue weighted by Crippen LogP contribution is 2.25. The maximum absolute atomic E-state index is 11.6. The van der Waals surface area contributed by atoms with E-state index >= 15 is 0 Å². The van der Waals surface area contributed by atoms with Crippen molar-refractivity contribution in [3.8, 4) is 22.6 Å². The second-order valence-corrected chi connectivity index (χ2v) is 5.92. The van der Waals surface area contributed by atoms with Crippen LogP contribution in [0.25, 0.3) is 11.1 Å². The Hall–Kier alpha value is -2.75. The van der Waals surface area contributed by atoms with Gasteiger partial charge in [0, 0.05) is 25.9 Å². The third kappa shape index (κ3) is 3.77. The van der Waals surface area contributed by atoms with E-state index in [4.69, 9.17) is 4.74 Å². The molecule has 4 heteroatoms. The van der Waals surface area contributed by atoms with Crippen molar-refractivity contribution in [2.24, 2.45) is 0 Å². The minimum Gasteiger partial charge on any atom is -0.508 e. The van der Waals surface area contributed by atoms with Crippen LogP contribution in [0.15, 0.2) is 61.2 Å². The van der Waals surface area contributed by atoms with E-state index in [0.717, 1.165) is 29.7 Å². The predicted molar refractivity (Wildman–Crippen MR) is 94.0 cm³/mol. The third-order valence-electron chi connectivity index (χ3n) is 4.29. The number of ether oxygens (including phenoxy) is 1. The number of rotatable bonds is 4. The van der Waals surface area contributed by atoms with Gasteiger partial charge in [0.25, 0.3) is 0 Å². The number of piperidine rings is 1. The molecule has 4 nitrogen and oxygen atoms in total. The number of aromatic hydroxyl groups is 1. The predicted octanol–water partition coefficient (Wildman–Crippen LogP) is 3.62. The summed E-state index contributed by atoms with van der Waals surface area (Å²) in [5.41, 5.74) is 2.13. The summed E-state index contributed by atoms with van der Waals surface area (Å²) >= 11 is 0. The van der Waals surface area contributed by atoms with Crippen LogP contribution in [0.4, 0.5) is 0 Å². The molecule has 1 N–H and O–H groups in total. The van der Waals surface area contributed by atoms with Crippen LogP contribution >= 0.6 is 0 Å². The number of phenolic OH excluding ortho intramolecular Hbond substituents is 1. The van der Waals surface area contributed by atoms with Crippen molar-refractivity contribution in [3.63, 3.8) is 0 Å². The number of amides is 1. The average Bonchev–Trinajstić information content (AvgIpc) is 2.63. The van der Waals surface area contributed by atoms with E-state index in [9.17, 15) is 9.90 Å². The molecule has 0 saturated carbocycles. The van der Waals surface area contributed by atoms with E-state index in [-0.39, 0.29) is 17.8 Å². The molecule has 0 radical (unpaired) electrons. The molecule has 24 heavy (non-hydrogen) atoms. The van der Waals surface area contributed by atoms with Crippen molar-refractivity contribution in [1.29, 1.82) is 0 Å². The lowest BCUT2D eigenvalue weighted by molar-refractivity contribution is -0.127. The zero-order valence-electron chi connectivity index (χ0n) is 13.5. The van der Waals surface area contributed by atoms with Gasteiger partial charge < -0.3 is 14.7 Å². The number of hydrogen-bond donors (Lipinski definition) is 1. The first kappa shape index (κ1) is 16.1. The number of phenols is 1. The molecule has 0 aliphatic carbocycles. The summed E-state index contributed by atoms with van der Waals surface area (Å²) in [6.45, 7) is 4.94. The third-order valence-corrected chi connectivity index (χ3v) is 4.29. The van der Waals surface area contributed by atoms with E-state index < -0.39 is 0 Å². The normalized spacial score (nSPS) is 15.1. The lowest BCUT2D eigenvalue weighted by atomic mass is 10.1. The van der Waals surface area contributed by atoms with Crippen LogP contribution in [-0.4, -0.2) is 35.1 Å². The van der Waals surface area contributed by atoms with E-state index in [1.165, 1.54) is 6.08 Å². The van der Waals surface area contributed by atoms with Crippen LogP contribution < -0.4 is 4.74 Å². The van der Waals surface area contributed by atoms with Crippen LogP contribution in [0.3, 0.4) is 0 Å². The lowest BCUT2D eigenvalue weighted by Crippen LogP contribution is -2.41. The largest absolute Gasteiger partial charge is 0.508 e. The van der Waals surface area contributed by atoms with E-state index in [2.05, 4.69) is 6.58 Å². The van der Waals surface area contributed by atoms with Crippen molar-refractivity contribution in [1.82, 2.24) is 4.90 Å². The Morgan fingerprint density at radius 2 is 1.58 bits per heavy atom. The fraction of sp³-hybridized carbons (Fsp3) is 0.250. The molecule has 1 aliphatic rings. The molecule has 0 spiro atoms. The standard InChI is InChI=1S/C20H21NO3/c1-2-20(23)21-13-11-19(12-14-21)24-18-9-5-16(6-10-18)15-3-7-17(22)8-4-15/h2-10,19,22H,1,11-14H2. The second kappa shape index (κ2) is 7.21. The summed E-state index contributed by atoms with van der Waals surface area (Å²) in [6.07, 6.45) is 3.17. The molecular weight excluding hydrogens is 302 g/mol. The van der Waals surface area contributed by atoms with Gasteiger partial charge in [-0.1, -0.05) is 30.8 Å². The molecule has 1 fully saturated rings. The van der Waals surface area contributed by atoms with Crippen molar-refractivity contribution in [2.75, 3.05) is 13.1 Å². The number of nitrogens with zero attached hydrogens (tertiary/aromatic N) is 1. The first-order chi connectivity index (χ1) is 11.7. The first-order valence-corrected chi connectivity index (χ1v) is 8.13. The van der Waals surface area contributed by atoms with Gasteiger partial charge in [0.1, 0.15) is 17.6 Å². The summed E-state index contributed by atoms with van der Waals surface area (Å²) in [6, 6.07) is 15.1. The Morgan fingerprint density at radius 1 is 1.04 bits per heavy atom. The van der Waals surface area contributed by atoms with Crippen LogP contribution in [-0.2, 0) is 4.79 Å². The topological polar surface area (TPSA) is 49.8 Å². The molecule has 0 bridgehead atoms. The second-order valence-electron chi connectivity index (χ2n) is 5.92. The summed E-state index contributed by atoms with van der Waals surface area (Å²) in [5, 5.41) is 9.35. The highest BCUT2D eigenvalue weighted by Gasteiger charge is 2.22. The molecule has 2 aromatic rings. The van der Waals surface area contributed by atoms with Crippen molar-refractivity contribution < 1.29 is 14.6 Å². The highest BCUT2D eigenvalue weighted by molar-refractivity contribution is 5.87. The van der Waals surface area contributed by atoms with Gasteiger partial charge in [0.15, 0.2) is 0 Å². The summed E-state index contributed by atoms with van der Waals surface area (Å²) in [4.78, 5) is 13.4. The van der Waals surface area contributed by atoms with Crippen LogP contribution in [0, 0.1) is 0 Å². The average molecular weight is 323 g/mol. The molecule has 1 heterocycles. The fourth-order valence-corrected chi connectivity index (χ4v) is 2.90. The number of hydrogen-bond acceptors (Lipinski definition) is 3. The van der Waals surface area contributed by atoms with Crippen LogP contribution in [0.5, 0.6) is 11.5 Å². The highest BCUT2D eigenvalue weighted by atomic mass is 16.5. The number of carbonyl (C=O) groups excluding carboxylic acids is 1.